The summed E-state index contributed by atoms with van der Waals surface area (Å²) < 4.78 is 0. The molecule has 4 nitrogen and oxygen atoms in total. The summed E-state index contributed by atoms with van der Waals surface area (Å²) in [7, 11) is 0. The Kier molecular flexibility index (Phi) is 4.78. The van der Waals surface area contributed by atoms with Gasteiger partial charge in [0.1, 0.15) is 0 Å². The second kappa shape index (κ2) is 5.91. The van der Waals surface area contributed by atoms with Crippen LogP contribution in [0.4, 0.5) is 0 Å². The molecule has 1 amide bonds. The summed E-state index contributed by atoms with van der Waals surface area (Å²) in [5, 5.41) is 0. The Morgan fingerprint density at radius 1 is 1.50 bits per heavy atom. The molecule has 0 saturated carbocycles. The van der Waals surface area contributed by atoms with E-state index in [1.165, 1.54) is 0 Å². The first-order valence-corrected chi connectivity index (χ1v) is 6.23. The van der Waals surface area contributed by atoms with E-state index in [2.05, 4.69) is 4.98 Å². The Hall–Kier alpha value is -1.49. The van der Waals surface area contributed by atoms with Crippen molar-refractivity contribution < 1.29 is 4.79 Å². The van der Waals surface area contributed by atoms with Crippen molar-refractivity contribution in [2.24, 2.45) is 5.73 Å². The van der Waals surface area contributed by atoms with Gasteiger partial charge in [0.2, 0.25) is 0 Å². The Bertz CT molecular complexity index is 426. The zero-order valence-electron chi connectivity index (χ0n) is 11.0. The van der Waals surface area contributed by atoms with Crippen LogP contribution >= 0.6 is 12.2 Å². The molecule has 2 N–H and O–H groups in total. The molecule has 0 radical (unpaired) electrons. The molecule has 1 rings (SSSR count). The van der Waals surface area contributed by atoms with Crippen LogP contribution in [0.2, 0.25) is 0 Å². The monoisotopic (exact) mass is 265 g/mol. The third kappa shape index (κ3) is 4.07. The fraction of sp³-hybridized carbons (Fsp3) is 0.462. The largest absolute Gasteiger partial charge is 0.393 e. The maximum Gasteiger partial charge on any atom is 0.255 e. The summed E-state index contributed by atoms with van der Waals surface area (Å²) in [4.78, 5) is 18.6. The van der Waals surface area contributed by atoms with Gasteiger partial charge >= 0.3 is 0 Å². The predicted molar refractivity (Wildman–Crippen MR) is 76.4 cm³/mol. The number of hydrogen-bond donors (Lipinski definition) is 1. The molecule has 0 saturated heterocycles. The number of amides is 1. The molecule has 5 heteroatoms. The van der Waals surface area contributed by atoms with Gasteiger partial charge in [-0.3, -0.25) is 9.78 Å². The van der Waals surface area contributed by atoms with Crippen LogP contribution < -0.4 is 5.73 Å². The normalized spacial score (nSPS) is 11.1. The molecule has 0 fully saturated rings. The van der Waals surface area contributed by atoms with Crippen LogP contribution in [0, 0.1) is 0 Å². The molecule has 0 aromatic carbocycles. The number of rotatable bonds is 4. The van der Waals surface area contributed by atoms with Crippen LogP contribution in [0.5, 0.6) is 0 Å². The van der Waals surface area contributed by atoms with Crippen LogP contribution in [0.15, 0.2) is 24.5 Å². The van der Waals surface area contributed by atoms with Crippen molar-refractivity contribution in [3.63, 3.8) is 0 Å². The Labute approximate surface area is 113 Å². The van der Waals surface area contributed by atoms with Gasteiger partial charge in [-0.25, -0.2) is 0 Å². The van der Waals surface area contributed by atoms with E-state index >= 15 is 0 Å². The van der Waals surface area contributed by atoms with Gasteiger partial charge in [0.15, 0.2) is 0 Å². The minimum Gasteiger partial charge on any atom is -0.393 e. The lowest BCUT2D eigenvalue weighted by molar-refractivity contribution is 0.0590. The third-order valence-electron chi connectivity index (χ3n) is 2.55. The molecular formula is C13H19N3OS. The molecule has 0 unspecified atom stereocenters. The van der Waals surface area contributed by atoms with Gasteiger partial charge in [-0.05, 0) is 32.9 Å². The lowest BCUT2D eigenvalue weighted by Gasteiger charge is -2.35. The molecule has 0 spiro atoms. The number of nitrogens with zero attached hydrogens (tertiary/aromatic N) is 2. The summed E-state index contributed by atoms with van der Waals surface area (Å²) in [6.45, 7) is 6.48. The van der Waals surface area contributed by atoms with E-state index in [-0.39, 0.29) is 11.4 Å². The summed E-state index contributed by atoms with van der Waals surface area (Å²) in [5.41, 5.74) is 5.80. The van der Waals surface area contributed by atoms with Gasteiger partial charge in [0, 0.05) is 30.9 Å². The van der Waals surface area contributed by atoms with Gasteiger partial charge in [-0.1, -0.05) is 12.2 Å². The molecule has 98 valence electrons. The Balaban J connectivity index is 2.90. The first-order chi connectivity index (χ1) is 8.32. The lowest BCUT2D eigenvalue weighted by Crippen LogP contribution is -2.46. The number of hydrogen-bond acceptors (Lipinski definition) is 3. The van der Waals surface area contributed by atoms with E-state index in [1.54, 1.807) is 29.4 Å². The summed E-state index contributed by atoms with van der Waals surface area (Å²) in [5.74, 6) is -0.0492. The lowest BCUT2D eigenvalue weighted by atomic mass is 10.0. The highest BCUT2D eigenvalue weighted by Crippen LogP contribution is 2.17. The number of nitrogens with two attached hydrogens (primary N) is 1. The van der Waals surface area contributed by atoms with E-state index < -0.39 is 0 Å². The fourth-order valence-corrected chi connectivity index (χ4v) is 1.70. The van der Waals surface area contributed by atoms with E-state index in [1.807, 2.05) is 20.8 Å². The molecule has 0 bridgehead atoms. The van der Waals surface area contributed by atoms with Crippen molar-refractivity contribution in [2.45, 2.75) is 32.7 Å². The zero-order valence-corrected chi connectivity index (χ0v) is 11.8. The van der Waals surface area contributed by atoms with Gasteiger partial charge < -0.3 is 10.6 Å². The maximum atomic E-state index is 12.4. The zero-order chi connectivity index (χ0) is 13.8. The van der Waals surface area contributed by atoms with Crippen molar-refractivity contribution >= 4 is 23.1 Å². The molecular weight excluding hydrogens is 246 g/mol. The highest BCUT2D eigenvalue weighted by molar-refractivity contribution is 7.80. The Morgan fingerprint density at radius 3 is 2.61 bits per heavy atom. The second-order valence-electron chi connectivity index (χ2n) is 5.09. The quantitative estimate of drug-likeness (QED) is 0.846. The van der Waals surface area contributed by atoms with Crippen molar-refractivity contribution in [3.8, 4) is 0 Å². The Morgan fingerprint density at radius 2 is 2.17 bits per heavy atom. The number of carbonyl (C=O) groups is 1. The molecule has 18 heavy (non-hydrogen) atoms. The van der Waals surface area contributed by atoms with Crippen LogP contribution in [-0.2, 0) is 0 Å². The first kappa shape index (κ1) is 14.6. The smallest absolute Gasteiger partial charge is 0.255 e. The fourth-order valence-electron chi connectivity index (χ4n) is 1.61. The summed E-state index contributed by atoms with van der Waals surface area (Å²) in [6.07, 6.45) is 3.74. The molecule has 1 heterocycles. The molecule has 1 aromatic rings. The molecule has 0 aliphatic heterocycles. The van der Waals surface area contributed by atoms with Crippen LogP contribution in [0.1, 0.15) is 37.6 Å². The first-order valence-electron chi connectivity index (χ1n) is 5.82. The maximum absolute atomic E-state index is 12.4. The topological polar surface area (TPSA) is 59.2 Å². The van der Waals surface area contributed by atoms with Crippen LogP contribution in [0.25, 0.3) is 0 Å². The van der Waals surface area contributed by atoms with Crippen molar-refractivity contribution in [1.29, 1.82) is 0 Å². The average Bonchev–Trinajstić information content (AvgIpc) is 2.28. The van der Waals surface area contributed by atoms with E-state index in [4.69, 9.17) is 18.0 Å². The molecule has 1 aromatic heterocycles. The standard InChI is InChI=1S/C13H19N3OS/c1-13(2,3)16(8-6-11(14)18)12(17)10-5-4-7-15-9-10/h4-5,7,9H,6,8H2,1-3H3,(H2,14,18). The van der Waals surface area contributed by atoms with Gasteiger partial charge in [0.05, 0.1) is 10.6 Å². The van der Waals surface area contributed by atoms with Crippen LogP contribution in [-0.4, -0.2) is 32.9 Å². The number of thiocarbonyl (C=S) groups is 1. The second-order valence-corrected chi connectivity index (χ2v) is 5.61. The molecule has 0 aliphatic carbocycles. The highest BCUT2D eigenvalue weighted by Gasteiger charge is 2.27. The SMILES string of the molecule is CC(C)(C)N(CCC(N)=S)C(=O)c1cccnc1. The minimum atomic E-state index is -0.280. The van der Waals surface area contributed by atoms with E-state index in [0.717, 1.165) is 0 Å². The molecule has 0 aliphatic rings. The summed E-state index contributed by atoms with van der Waals surface area (Å²) in [6, 6.07) is 3.51. The van der Waals surface area contributed by atoms with Crippen molar-refractivity contribution in [3.05, 3.63) is 30.1 Å². The number of pyridine rings is 1. The van der Waals surface area contributed by atoms with Crippen LogP contribution in [0.3, 0.4) is 0 Å². The number of carbonyl (C=O) groups excluding carboxylic acids is 1. The highest BCUT2D eigenvalue weighted by atomic mass is 32.1. The van der Waals surface area contributed by atoms with Gasteiger partial charge in [-0.2, -0.15) is 0 Å². The number of aromatic nitrogens is 1. The van der Waals surface area contributed by atoms with E-state index in [9.17, 15) is 4.79 Å². The van der Waals surface area contributed by atoms with Gasteiger partial charge in [0.25, 0.3) is 5.91 Å². The predicted octanol–water partition coefficient (Wildman–Crippen LogP) is 2.00. The minimum absolute atomic E-state index is 0.0492. The van der Waals surface area contributed by atoms with E-state index in [0.29, 0.717) is 23.5 Å². The van der Waals surface area contributed by atoms with Crippen molar-refractivity contribution in [2.75, 3.05) is 6.54 Å². The average molecular weight is 265 g/mol. The van der Waals surface area contributed by atoms with Gasteiger partial charge in [-0.15, -0.1) is 0 Å². The van der Waals surface area contributed by atoms with Crippen molar-refractivity contribution in [1.82, 2.24) is 9.88 Å². The molecule has 0 atom stereocenters. The summed E-state index contributed by atoms with van der Waals surface area (Å²) >= 11 is 4.87. The third-order valence-corrected chi connectivity index (χ3v) is 2.75.